The Labute approximate surface area is 393 Å². The molecule has 8 rings (SSSR count). The van der Waals surface area contributed by atoms with Gasteiger partial charge in [0.05, 0.1) is 0 Å². The monoisotopic (exact) mass is 964 g/mol. The van der Waals surface area contributed by atoms with Gasteiger partial charge in [0.1, 0.15) is 0 Å². The van der Waals surface area contributed by atoms with Gasteiger partial charge in [-0.25, -0.2) is 0 Å². The van der Waals surface area contributed by atoms with Gasteiger partial charge in [-0.05, 0) is 0 Å². The molecule has 2 saturated carbocycles. The second-order valence-electron chi connectivity index (χ2n) is 21.2. The summed E-state index contributed by atoms with van der Waals surface area (Å²) in [5, 5.41) is 0. The van der Waals surface area contributed by atoms with E-state index < -0.39 is 17.4 Å². The standard InChI is InChI=1S/2C27H33.C3H7.CH3.2ClH.H2Si.Zr/c2*1-3-20(2)23-13-15-24(16-14-23)26-12-8-11-25-18-22(19-27(25)26)17-21-9-6-4-5-7-10-21;1-3-2;;;;;/h2*8,11-16,18-21H,3-7,9-10,17H2,1-2H3;1,3H2,2H3;1H3;2*1H;1H2;. The van der Waals surface area contributed by atoms with Crippen LogP contribution in [0.2, 0.25) is 8.76 Å². The Morgan fingerprint density at radius 3 is 1.24 bits per heavy atom. The van der Waals surface area contributed by atoms with Gasteiger partial charge in [-0.2, -0.15) is 0 Å². The molecule has 0 N–H and O–H groups in total. The van der Waals surface area contributed by atoms with Crippen LogP contribution < -0.4 is 0 Å². The molecule has 4 unspecified atom stereocenters. The molecule has 4 aliphatic rings. The van der Waals surface area contributed by atoms with E-state index in [4.69, 9.17) is 0 Å². The van der Waals surface area contributed by atoms with Crippen LogP contribution in [0.15, 0.2) is 96.1 Å². The van der Waals surface area contributed by atoms with E-state index in [1.807, 2.05) is 11.1 Å². The fourth-order valence-corrected chi connectivity index (χ4v) is 39.1. The molecule has 2 fully saturated rings. The quantitative estimate of drug-likeness (QED) is 0.0873. The molecule has 0 amide bonds. The maximum Gasteiger partial charge on any atom is -0.147 e. The summed E-state index contributed by atoms with van der Waals surface area (Å²) < 4.78 is 5.58. The van der Waals surface area contributed by atoms with Crippen molar-refractivity contribution >= 4 is 43.8 Å². The zero-order chi connectivity index (χ0) is 41.9. The molecule has 4 aromatic carbocycles. The van der Waals surface area contributed by atoms with Crippen molar-refractivity contribution in [3.8, 4) is 22.3 Å². The number of allylic oxidation sites excluding steroid dienone is 2. The topological polar surface area (TPSA) is 0 Å². The van der Waals surface area contributed by atoms with Gasteiger partial charge in [0.25, 0.3) is 0 Å². The van der Waals surface area contributed by atoms with E-state index in [0.29, 0.717) is 19.1 Å². The Balaban J connectivity index is 0.00000321. The molecule has 0 aliphatic heterocycles. The Kier molecular flexibility index (Phi) is 17.2. The molecular formula is C58H80Cl2SiZr. The summed E-state index contributed by atoms with van der Waals surface area (Å²) in [6.07, 6.45) is 28.9. The number of hydrogen-bond acceptors (Lipinski definition) is 0. The first-order valence-corrected chi connectivity index (χ1v) is 38.0. The number of rotatable bonds is 14. The Bertz CT molecular complexity index is 2080. The van der Waals surface area contributed by atoms with Crippen LogP contribution in [0.3, 0.4) is 0 Å². The van der Waals surface area contributed by atoms with Crippen molar-refractivity contribution in [1.29, 1.82) is 0 Å². The van der Waals surface area contributed by atoms with Gasteiger partial charge in [0.2, 0.25) is 0 Å². The molecule has 0 radical (unpaired) electrons. The summed E-state index contributed by atoms with van der Waals surface area (Å²) in [7, 11) is 0. The summed E-state index contributed by atoms with van der Waals surface area (Å²) in [5.41, 5.74) is 18.8. The van der Waals surface area contributed by atoms with Crippen LogP contribution in [0.4, 0.5) is 0 Å². The second kappa shape index (κ2) is 21.6. The Morgan fingerprint density at radius 2 is 0.903 bits per heavy atom. The van der Waals surface area contributed by atoms with Gasteiger partial charge in [-0.15, -0.1) is 24.8 Å². The molecule has 0 heterocycles. The van der Waals surface area contributed by atoms with Gasteiger partial charge in [-0.3, -0.25) is 0 Å². The van der Waals surface area contributed by atoms with Gasteiger partial charge in [-0.1, -0.05) is 0 Å². The van der Waals surface area contributed by atoms with E-state index in [0.717, 1.165) is 11.8 Å². The molecule has 4 aliphatic carbocycles. The number of hydrogen-bond donors (Lipinski definition) is 0. The van der Waals surface area contributed by atoms with Crippen LogP contribution >= 0.6 is 24.8 Å². The molecule has 0 nitrogen and oxygen atoms in total. The molecular weight excluding hydrogens is 887 g/mol. The van der Waals surface area contributed by atoms with E-state index >= 15 is 0 Å². The molecule has 4 heteroatoms. The molecule has 0 saturated heterocycles. The first-order chi connectivity index (χ1) is 29.1. The van der Waals surface area contributed by atoms with Gasteiger partial charge in [0, 0.05) is 0 Å². The summed E-state index contributed by atoms with van der Waals surface area (Å²) in [6.45, 7) is 14.6. The summed E-state index contributed by atoms with van der Waals surface area (Å²) in [6, 6.07) is 34.5. The van der Waals surface area contributed by atoms with E-state index in [2.05, 4.69) is 143 Å². The van der Waals surface area contributed by atoms with Gasteiger partial charge in [0.15, 0.2) is 0 Å². The van der Waals surface area contributed by atoms with Gasteiger partial charge < -0.3 is 0 Å². The molecule has 4 aromatic rings. The zero-order valence-corrected chi connectivity index (χ0v) is 45.0. The number of halogens is 2. The molecule has 4 atom stereocenters. The third-order valence-electron chi connectivity index (χ3n) is 16.8. The van der Waals surface area contributed by atoms with Crippen LogP contribution in [0, 0.1) is 11.8 Å². The maximum absolute atomic E-state index is 3.99. The molecule has 0 aromatic heterocycles. The van der Waals surface area contributed by atoms with Crippen LogP contribution in [-0.2, 0) is 17.4 Å². The molecule has 334 valence electrons. The minimum atomic E-state index is -3.99. The van der Waals surface area contributed by atoms with E-state index in [9.17, 15) is 0 Å². The molecule has 62 heavy (non-hydrogen) atoms. The van der Waals surface area contributed by atoms with Gasteiger partial charge >= 0.3 is 372 Å². The largest absolute Gasteiger partial charge is 0.147 e. The predicted octanol–water partition coefficient (Wildman–Crippen LogP) is 18.3. The SMILES string of the molecule is CC[CH2][Zr]([CH3])(=[SiH2])([CH]1C(CC2CCCCCC2)=Cc2c(-c3ccc(C(C)CC)cc3)cccc21)[CH]1C(CC2CCCCCC2)=Cc2c(-c3ccc(C(C)CC)cc3)cccc21.Cl.Cl. The number of benzene rings is 4. The summed E-state index contributed by atoms with van der Waals surface area (Å²) in [5.74, 6) is 2.83. The molecule has 0 bridgehead atoms. The van der Waals surface area contributed by atoms with Crippen LogP contribution in [-0.4, -0.2) is 6.88 Å². The fraction of sp³-hybridized carbons (Fsp3) is 0.517. The van der Waals surface area contributed by atoms with Crippen molar-refractivity contribution in [1.82, 2.24) is 0 Å². The van der Waals surface area contributed by atoms with Crippen molar-refractivity contribution in [3.63, 3.8) is 0 Å². The summed E-state index contributed by atoms with van der Waals surface area (Å²) >= 11 is -3.99. The van der Waals surface area contributed by atoms with Crippen LogP contribution in [0.5, 0.6) is 0 Å². The average molecular weight is 967 g/mol. The van der Waals surface area contributed by atoms with E-state index in [1.54, 1.807) is 22.3 Å². The fourth-order valence-electron chi connectivity index (χ4n) is 13.3. The second-order valence-corrected chi connectivity index (χ2v) is 49.6. The van der Waals surface area contributed by atoms with Crippen molar-refractivity contribution in [2.75, 3.05) is 0 Å². The van der Waals surface area contributed by atoms with Crippen LogP contribution in [0.1, 0.15) is 196 Å². The first kappa shape index (κ1) is 49.5. The van der Waals surface area contributed by atoms with E-state index in [1.165, 1.54) is 147 Å². The van der Waals surface area contributed by atoms with Crippen molar-refractivity contribution in [3.05, 3.63) is 129 Å². The zero-order valence-electron chi connectivity index (χ0n) is 39.5. The minimum Gasteiger partial charge on any atom is -0.147 e. The first-order valence-electron chi connectivity index (χ1n) is 25.1. The Hall–Kier alpha value is -1.96. The third-order valence-corrected chi connectivity index (χ3v) is 40.3. The normalized spacial score (nSPS) is 20.7. The Morgan fingerprint density at radius 1 is 0.532 bits per heavy atom. The third kappa shape index (κ3) is 10.1. The van der Waals surface area contributed by atoms with E-state index in [-0.39, 0.29) is 24.8 Å². The maximum atomic E-state index is 3.01. The summed E-state index contributed by atoms with van der Waals surface area (Å²) in [4.78, 5) is 0. The van der Waals surface area contributed by atoms with Crippen molar-refractivity contribution < 1.29 is 17.4 Å². The predicted molar refractivity (Wildman–Crippen MR) is 278 cm³/mol. The minimum absolute atomic E-state index is 0. The molecule has 0 spiro atoms. The number of fused-ring (bicyclic) bond motifs is 2. The van der Waals surface area contributed by atoms with Crippen molar-refractivity contribution in [2.24, 2.45) is 11.8 Å². The van der Waals surface area contributed by atoms with Crippen LogP contribution in [0.25, 0.3) is 34.4 Å². The van der Waals surface area contributed by atoms with Crippen molar-refractivity contribution in [2.45, 2.75) is 172 Å². The smallest absolute Gasteiger partial charge is 0.147 e. The average Bonchev–Trinajstić information content (AvgIpc) is 3.58.